The van der Waals surface area contributed by atoms with Gasteiger partial charge in [0.05, 0.1) is 31.0 Å². The number of aromatic nitrogens is 3. The van der Waals surface area contributed by atoms with Crippen LogP contribution in [0.2, 0.25) is 0 Å². The Hall–Kier alpha value is -4.07. The number of carbonyl (C=O) groups is 1. The predicted molar refractivity (Wildman–Crippen MR) is 123 cm³/mol. The van der Waals surface area contributed by atoms with Crippen molar-refractivity contribution in [3.05, 3.63) is 76.2 Å². The van der Waals surface area contributed by atoms with Gasteiger partial charge in [-0.1, -0.05) is 6.07 Å². The first-order valence-corrected chi connectivity index (χ1v) is 10.1. The molecule has 0 aliphatic heterocycles. The van der Waals surface area contributed by atoms with Gasteiger partial charge in [-0.05, 0) is 61.4 Å². The Kier molecular flexibility index (Phi) is 5.68. The molecule has 0 fully saturated rings. The number of benzene rings is 2. The summed E-state index contributed by atoms with van der Waals surface area (Å²) in [6.07, 6.45) is 1.60. The van der Waals surface area contributed by atoms with Crippen LogP contribution in [0.3, 0.4) is 0 Å². The van der Waals surface area contributed by atoms with E-state index in [9.17, 15) is 9.59 Å². The van der Waals surface area contributed by atoms with Crippen LogP contribution in [0, 0.1) is 13.8 Å². The van der Waals surface area contributed by atoms with E-state index in [1.54, 1.807) is 48.3 Å². The highest BCUT2D eigenvalue weighted by atomic mass is 16.5. The Morgan fingerprint density at radius 1 is 1.03 bits per heavy atom. The Labute approximate surface area is 185 Å². The smallest absolute Gasteiger partial charge is 0.280 e. The van der Waals surface area contributed by atoms with E-state index in [0.29, 0.717) is 33.9 Å². The number of carbonyl (C=O) groups excluding carboxylic acids is 1. The molecule has 4 rings (SSSR count). The molecule has 1 amide bonds. The predicted octanol–water partition coefficient (Wildman–Crippen LogP) is 3.46. The van der Waals surface area contributed by atoms with Gasteiger partial charge >= 0.3 is 0 Å². The number of nitrogens with zero attached hydrogens (tertiary/aromatic N) is 3. The Bertz CT molecular complexity index is 1370. The van der Waals surface area contributed by atoms with Crippen molar-refractivity contribution in [2.24, 2.45) is 0 Å². The van der Waals surface area contributed by atoms with E-state index in [0.717, 1.165) is 11.1 Å². The molecule has 0 saturated heterocycles. The van der Waals surface area contributed by atoms with Crippen LogP contribution in [-0.4, -0.2) is 34.5 Å². The van der Waals surface area contributed by atoms with Gasteiger partial charge in [-0.2, -0.15) is 0 Å². The molecule has 0 spiro atoms. The van der Waals surface area contributed by atoms with Crippen molar-refractivity contribution in [3.63, 3.8) is 0 Å². The summed E-state index contributed by atoms with van der Waals surface area (Å²) in [4.78, 5) is 30.6. The zero-order chi connectivity index (χ0) is 22.8. The average Bonchev–Trinajstić information content (AvgIpc) is 3.07. The van der Waals surface area contributed by atoms with Crippen LogP contribution in [0.15, 0.2) is 59.5 Å². The molecule has 164 valence electrons. The quantitative estimate of drug-likeness (QED) is 0.504. The lowest BCUT2D eigenvalue weighted by atomic mass is 10.1. The van der Waals surface area contributed by atoms with Crippen LogP contribution in [-0.2, 0) is 11.3 Å². The normalized spacial score (nSPS) is 10.9. The second kappa shape index (κ2) is 8.58. The number of amides is 1. The fraction of sp³-hybridized carbons (Fsp3) is 0.208. The van der Waals surface area contributed by atoms with E-state index in [-0.39, 0.29) is 18.0 Å². The lowest BCUT2D eigenvalue weighted by Gasteiger charge is -2.15. The first-order valence-electron chi connectivity index (χ1n) is 10.1. The van der Waals surface area contributed by atoms with Crippen LogP contribution in [0.1, 0.15) is 11.1 Å². The van der Waals surface area contributed by atoms with Crippen LogP contribution < -0.4 is 20.3 Å². The van der Waals surface area contributed by atoms with Crippen molar-refractivity contribution in [2.45, 2.75) is 20.4 Å². The highest BCUT2D eigenvalue weighted by Gasteiger charge is 2.19. The number of methoxy groups -OCH3 is 2. The standard InChI is InChI=1S/C24H24N4O4/c1-15-7-8-17(12-16(15)2)28-24(30)19-6-5-11-25-23(19)27(28)14-22(29)26-20-10-9-18(31-3)13-21(20)32-4/h5-13H,14H2,1-4H3,(H,26,29). The molecule has 8 heteroatoms. The molecular formula is C24H24N4O4. The van der Waals surface area contributed by atoms with Gasteiger partial charge in [0.15, 0.2) is 5.65 Å². The Morgan fingerprint density at radius 3 is 2.56 bits per heavy atom. The van der Waals surface area contributed by atoms with E-state index >= 15 is 0 Å². The number of aryl methyl sites for hydroxylation is 2. The largest absolute Gasteiger partial charge is 0.497 e. The summed E-state index contributed by atoms with van der Waals surface area (Å²) in [6, 6.07) is 14.3. The van der Waals surface area contributed by atoms with E-state index in [1.165, 1.54) is 11.8 Å². The molecule has 8 nitrogen and oxygen atoms in total. The van der Waals surface area contributed by atoms with Crippen LogP contribution in [0.25, 0.3) is 16.7 Å². The Morgan fingerprint density at radius 2 is 1.84 bits per heavy atom. The average molecular weight is 432 g/mol. The number of rotatable bonds is 6. The zero-order valence-electron chi connectivity index (χ0n) is 18.4. The summed E-state index contributed by atoms with van der Waals surface area (Å²) >= 11 is 0. The third-order valence-corrected chi connectivity index (χ3v) is 5.41. The van der Waals surface area contributed by atoms with E-state index in [4.69, 9.17) is 9.47 Å². The van der Waals surface area contributed by atoms with E-state index < -0.39 is 0 Å². The van der Waals surface area contributed by atoms with Crippen molar-refractivity contribution < 1.29 is 14.3 Å². The summed E-state index contributed by atoms with van der Waals surface area (Å²) in [7, 11) is 3.08. The van der Waals surface area contributed by atoms with E-state index in [1.807, 2.05) is 32.0 Å². The van der Waals surface area contributed by atoms with Crippen molar-refractivity contribution >= 4 is 22.6 Å². The molecule has 0 aliphatic carbocycles. The molecule has 32 heavy (non-hydrogen) atoms. The minimum Gasteiger partial charge on any atom is -0.497 e. The SMILES string of the molecule is COc1ccc(NC(=O)Cn2c3ncccc3c(=O)n2-c2ccc(C)c(C)c2)c(OC)c1. The number of nitrogens with one attached hydrogen (secondary N) is 1. The third kappa shape index (κ3) is 3.82. The molecule has 2 aromatic heterocycles. The summed E-state index contributed by atoms with van der Waals surface area (Å²) in [5.41, 5.74) is 3.55. The van der Waals surface area contributed by atoms with Crippen molar-refractivity contribution in [2.75, 3.05) is 19.5 Å². The number of hydrogen-bond acceptors (Lipinski definition) is 5. The molecule has 0 aliphatic rings. The lowest BCUT2D eigenvalue weighted by Crippen LogP contribution is -2.27. The topological polar surface area (TPSA) is 87.4 Å². The number of anilines is 1. The lowest BCUT2D eigenvalue weighted by molar-refractivity contribution is -0.117. The van der Waals surface area contributed by atoms with Crippen LogP contribution in [0.4, 0.5) is 5.69 Å². The van der Waals surface area contributed by atoms with Crippen molar-refractivity contribution in [1.29, 1.82) is 0 Å². The van der Waals surface area contributed by atoms with Gasteiger partial charge in [-0.15, -0.1) is 0 Å². The number of fused-ring (bicyclic) bond motifs is 1. The summed E-state index contributed by atoms with van der Waals surface area (Å²) in [5.74, 6) is 0.761. The highest BCUT2D eigenvalue weighted by Crippen LogP contribution is 2.29. The molecule has 0 unspecified atom stereocenters. The second-order valence-electron chi connectivity index (χ2n) is 7.43. The zero-order valence-corrected chi connectivity index (χ0v) is 18.4. The van der Waals surface area contributed by atoms with E-state index in [2.05, 4.69) is 10.3 Å². The van der Waals surface area contributed by atoms with Crippen molar-refractivity contribution in [1.82, 2.24) is 14.3 Å². The molecule has 0 radical (unpaired) electrons. The summed E-state index contributed by atoms with van der Waals surface area (Å²) < 4.78 is 13.6. The number of hydrogen-bond donors (Lipinski definition) is 1. The fourth-order valence-electron chi connectivity index (χ4n) is 3.58. The molecule has 0 atom stereocenters. The molecule has 0 bridgehead atoms. The highest BCUT2D eigenvalue weighted by molar-refractivity contribution is 5.93. The van der Waals surface area contributed by atoms with Gasteiger partial charge in [0.2, 0.25) is 5.91 Å². The maximum Gasteiger partial charge on any atom is 0.280 e. The third-order valence-electron chi connectivity index (χ3n) is 5.41. The van der Waals surface area contributed by atoms with Gasteiger partial charge in [-0.25, -0.2) is 9.67 Å². The van der Waals surface area contributed by atoms with Crippen LogP contribution in [0.5, 0.6) is 11.5 Å². The Balaban J connectivity index is 1.75. The molecule has 2 aromatic carbocycles. The fourth-order valence-corrected chi connectivity index (χ4v) is 3.58. The minimum absolute atomic E-state index is 0.113. The molecule has 2 heterocycles. The van der Waals surface area contributed by atoms with Gasteiger partial charge in [0.1, 0.15) is 18.0 Å². The maximum atomic E-state index is 13.2. The number of pyridine rings is 1. The summed E-state index contributed by atoms with van der Waals surface area (Å²) in [6.45, 7) is 3.88. The first-order chi connectivity index (χ1) is 15.4. The number of ether oxygens (including phenoxy) is 2. The molecular weight excluding hydrogens is 408 g/mol. The monoisotopic (exact) mass is 432 g/mol. The van der Waals surface area contributed by atoms with Crippen molar-refractivity contribution in [3.8, 4) is 17.2 Å². The molecule has 1 N–H and O–H groups in total. The first kappa shape index (κ1) is 21.2. The minimum atomic E-state index is -0.325. The summed E-state index contributed by atoms with van der Waals surface area (Å²) in [5, 5.41) is 3.30. The molecule has 4 aromatic rings. The van der Waals surface area contributed by atoms with Gasteiger partial charge in [-0.3, -0.25) is 14.3 Å². The second-order valence-corrected chi connectivity index (χ2v) is 7.43. The van der Waals surface area contributed by atoms with Gasteiger partial charge < -0.3 is 14.8 Å². The maximum absolute atomic E-state index is 13.2. The molecule has 0 saturated carbocycles. The van der Waals surface area contributed by atoms with Gasteiger partial charge in [0.25, 0.3) is 5.56 Å². The van der Waals surface area contributed by atoms with Gasteiger partial charge in [0, 0.05) is 12.3 Å². The van der Waals surface area contributed by atoms with Crippen LogP contribution >= 0.6 is 0 Å².